The number of para-hydroxylation sites is 1. The molecule has 1 aromatic carbocycles. The molecule has 262 valence electrons. The van der Waals surface area contributed by atoms with Crippen molar-refractivity contribution in [3.63, 3.8) is 0 Å². The van der Waals surface area contributed by atoms with E-state index < -0.39 is 90.8 Å². The molecule has 0 unspecified atom stereocenters. The Balaban J connectivity index is 1.32. The summed E-state index contributed by atoms with van der Waals surface area (Å²) in [7, 11) is 0. The Hall–Kier alpha value is -4.76. The predicted molar refractivity (Wildman–Crippen MR) is 165 cm³/mol. The van der Waals surface area contributed by atoms with E-state index in [4.69, 9.17) is 33.2 Å². The number of hydrogen-bond acceptors (Lipinski definition) is 13. The van der Waals surface area contributed by atoms with Gasteiger partial charge in [-0.2, -0.15) is 0 Å². The highest BCUT2D eigenvalue weighted by Gasteiger charge is 2.63. The fourth-order valence-corrected chi connectivity index (χ4v) is 7.82. The van der Waals surface area contributed by atoms with E-state index in [1.54, 1.807) is 11.0 Å². The minimum atomic E-state index is -1.51. The number of piperidine rings is 1. The molecule has 0 saturated carbocycles. The van der Waals surface area contributed by atoms with E-state index in [0.29, 0.717) is 25.0 Å². The van der Waals surface area contributed by atoms with Crippen LogP contribution >= 0.6 is 0 Å². The molecule has 15 nitrogen and oxygen atoms in total. The summed E-state index contributed by atoms with van der Waals surface area (Å²) in [5.41, 5.74) is 1.03. The zero-order chi connectivity index (χ0) is 35.2. The van der Waals surface area contributed by atoms with Gasteiger partial charge in [-0.05, 0) is 24.5 Å². The number of nitrogens with one attached hydrogen (secondary N) is 1. The Morgan fingerprint density at radius 1 is 0.959 bits per heavy atom. The fraction of sp³-hybridized carbons (Fsp3) is 0.529. The van der Waals surface area contributed by atoms with E-state index in [-0.39, 0.29) is 11.8 Å². The second kappa shape index (κ2) is 13.3. The maximum atomic E-state index is 13.9. The molecule has 6 rings (SSSR count). The minimum absolute atomic E-state index is 0.158. The van der Waals surface area contributed by atoms with Crippen LogP contribution in [0.5, 0.6) is 0 Å². The van der Waals surface area contributed by atoms with Crippen LogP contribution in [0.4, 0.5) is 5.69 Å². The number of carbonyl (C=O) groups excluding carboxylic acids is 6. The molecule has 49 heavy (non-hydrogen) atoms. The van der Waals surface area contributed by atoms with Crippen LogP contribution in [-0.4, -0.2) is 96.8 Å². The Kier molecular flexibility index (Phi) is 9.24. The Labute approximate surface area is 281 Å². The molecule has 5 heterocycles. The highest BCUT2D eigenvalue weighted by Crippen LogP contribution is 2.54. The highest BCUT2D eigenvalue weighted by molar-refractivity contribution is 6.08. The zero-order valence-corrected chi connectivity index (χ0v) is 27.5. The van der Waals surface area contributed by atoms with Gasteiger partial charge in [0.1, 0.15) is 12.7 Å². The molecule has 1 aromatic rings. The van der Waals surface area contributed by atoms with Gasteiger partial charge in [0.25, 0.3) is 5.91 Å². The Morgan fingerprint density at radius 3 is 2.31 bits per heavy atom. The van der Waals surface area contributed by atoms with Gasteiger partial charge in [0.15, 0.2) is 18.3 Å². The second-order valence-corrected chi connectivity index (χ2v) is 12.7. The maximum Gasteiger partial charge on any atom is 0.303 e. The molecule has 0 radical (unpaired) electrons. The van der Waals surface area contributed by atoms with Crippen molar-refractivity contribution < 1.29 is 61.9 Å². The van der Waals surface area contributed by atoms with Crippen LogP contribution in [0.3, 0.4) is 0 Å². The van der Waals surface area contributed by atoms with Gasteiger partial charge >= 0.3 is 23.9 Å². The van der Waals surface area contributed by atoms with Crippen molar-refractivity contribution in [3.05, 3.63) is 54.3 Å². The number of amides is 2. The summed E-state index contributed by atoms with van der Waals surface area (Å²) in [5.74, 6) is -4.58. The van der Waals surface area contributed by atoms with Crippen molar-refractivity contribution in [1.82, 2.24) is 4.90 Å². The molecule has 5 aliphatic heterocycles. The summed E-state index contributed by atoms with van der Waals surface area (Å²) in [6, 6.07) is 7.02. The number of nitrogens with zero attached hydrogens (tertiary/aromatic N) is 1. The summed E-state index contributed by atoms with van der Waals surface area (Å²) < 4.78 is 40.1. The first-order valence-corrected chi connectivity index (χ1v) is 16.0. The third-order valence-electron chi connectivity index (χ3n) is 9.73. The van der Waals surface area contributed by atoms with E-state index in [1.807, 2.05) is 24.3 Å². The molecule has 0 aromatic heterocycles. The number of anilines is 1. The Bertz CT molecular complexity index is 1610. The van der Waals surface area contributed by atoms with Crippen molar-refractivity contribution in [2.75, 3.05) is 18.5 Å². The first kappa shape index (κ1) is 34.1. The summed E-state index contributed by atoms with van der Waals surface area (Å²) >= 11 is 0. The van der Waals surface area contributed by atoms with Gasteiger partial charge in [-0.15, -0.1) is 6.58 Å². The molecule has 5 aliphatic rings. The monoisotopic (exact) mass is 682 g/mol. The Morgan fingerprint density at radius 2 is 1.63 bits per heavy atom. The maximum absolute atomic E-state index is 13.9. The van der Waals surface area contributed by atoms with Crippen molar-refractivity contribution in [1.29, 1.82) is 0 Å². The van der Waals surface area contributed by atoms with Gasteiger partial charge in [0.05, 0.1) is 23.3 Å². The highest BCUT2D eigenvalue weighted by atomic mass is 16.8. The lowest BCUT2D eigenvalue weighted by molar-refractivity contribution is -0.342. The number of benzene rings is 1. The number of rotatable bonds is 8. The first-order valence-electron chi connectivity index (χ1n) is 16.0. The predicted octanol–water partition coefficient (Wildman–Crippen LogP) is 1.64. The van der Waals surface area contributed by atoms with E-state index in [1.165, 1.54) is 13.2 Å². The second-order valence-electron chi connectivity index (χ2n) is 12.7. The molecule has 3 saturated heterocycles. The molecule has 10 atom stereocenters. The third-order valence-corrected chi connectivity index (χ3v) is 9.73. The van der Waals surface area contributed by atoms with Crippen LogP contribution in [0.15, 0.2) is 48.8 Å². The topological polar surface area (TPSA) is 182 Å². The summed E-state index contributed by atoms with van der Waals surface area (Å²) in [4.78, 5) is 77.7. The average Bonchev–Trinajstić information content (AvgIpc) is 3.56. The van der Waals surface area contributed by atoms with Crippen LogP contribution in [0.1, 0.15) is 46.1 Å². The summed E-state index contributed by atoms with van der Waals surface area (Å²) in [5, 5.41) is 3.00. The standard InChI is InChI=1S/C34H38N2O13/c1-6-20-21-13-26-34(23-9-7-8-10-24(23)35-33(34)42)11-12-36(26)30(41)22(21)14-44-31(20)49-32-29(47-19(5)40)28(46-18(4)39)27(45-17(3)38)25(48-32)15-43-16(2)37/h6-10,14,20-21,25-29,31-32H,1,11-13,15H2,2-5H3,(H,35,42)/t20-,21+,25-,26-,27-,28+,29-,31+,32+,34+/m1/s1. The van der Waals surface area contributed by atoms with E-state index >= 15 is 0 Å². The summed E-state index contributed by atoms with van der Waals surface area (Å²) in [6.07, 6.45) is -4.43. The smallest absolute Gasteiger partial charge is 0.303 e. The van der Waals surface area contributed by atoms with Crippen LogP contribution in [0.2, 0.25) is 0 Å². The van der Waals surface area contributed by atoms with Gasteiger partial charge in [0, 0.05) is 51.8 Å². The normalized spacial score (nSPS) is 34.3. The first-order chi connectivity index (χ1) is 23.3. The third kappa shape index (κ3) is 6.05. The van der Waals surface area contributed by atoms with Crippen LogP contribution < -0.4 is 5.32 Å². The van der Waals surface area contributed by atoms with Crippen molar-refractivity contribution in [2.45, 2.75) is 89.0 Å². The lowest BCUT2D eigenvalue weighted by Crippen LogP contribution is -2.64. The number of fused-ring (bicyclic) bond motifs is 5. The number of carbonyl (C=O) groups is 6. The molecular weight excluding hydrogens is 644 g/mol. The fourth-order valence-electron chi connectivity index (χ4n) is 7.82. The number of ether oxygens (including phenoxy) is 7. The molecule has 2 amide bonds. The lowest BCUT2D eigenvalue weighted by atomic mass is 9.67. The quantitative estimate of drug-likeness (QED) is 0.238. The minimum Gasteiger partial charge on any atom is -0.471 e. The van der Waals surface area contributed by atoms with E-state index in [2.05, 4.69) is 11.9 Å². The van der Waals surface area contributed by atoms with Gasteiger partial charge in [0.2, 0.25) is 18.5 Å². The molecule has 0 bridgehead atoms. The van der Waals surface area contributed by atoms with Crippen molar-refractivity contribution in [3.8, 4) is 0 Å². The zero-order valence-electron chi connectivity index (χ0n) is 27.5. The molecule has 1 N–H and O–H groups in total. The number of hydrogen-bond donors (Lipinski definition) is 1. The summed E-state index contributed by atoms with van der Waals surface area (Å²) in [6.45, 7) is 8.50. The lowest BCUT2D eigenvalue weighted by Gasteiger charge is -2.48. The largest absolute Gasteiger partial charge is 0.471 e. The molecule has 15 heteroatoms. The van der Waals surface area contributed by atoms with Crippen LogP contribution in [0, 0.1) is 11.8 Å². The van der Waals surface area contributed by atoms with Crippen molar-refractivity contribution >= 4 is 41.4 Å². The average molecular weight is 683 g/mol. The van der Waals surface area contributed by atoms with Gasteiger partial charge in [-0.25, -0.2) is 0 Å². The van der Waals surface area contributed by atoms with Crippen LogP contribution in [0.25, 0.3) is 0 Å². The van der Waals surface area contributed by atoms with Gasteiger partial charge in [-0.3, -0.25) is 28.8 Å². The molecule has 0 aliphatic carbocycles. The van der Waals surface area contributed by atoms with Gasteiger partial charge in [-0.1, -0.05) is 24.3 Å². The van der Waals surface area contributed by atoms with Crippen molar-refractivity contribution in [2.24, 2.45) is 11.8 Å². The molecule has 3 fully saturated rings. The molecule has 1 spiro atoms. The van der Waals surface area contributed by atoms with Crippen LogP contribution in [-0.2, 0) is 67.3 Å². The van der Waals surface area contributed by atoms with E-state index in [9.17, 15) is 28.8 Å². The SMILES string of the molecule is C=C[C@H]1[C@H](O[C@@H]2O[C@H](COC(C)=O)[C@@H](OC(C)=O)[C@H](OC(C)=O)[C@H]2OC(C)=O)OC=C2C(=O)N3CC[C@@]4(C(=O)Nc5ccccc54)[C@H]3C[C@H]21. The molecular formula is C34H38N2O13. The van der Waals surface area contributed by atoms with E-state index in [0.717, 1.165) is 32.0 Å². The van der Waals surface area contributed by atoms with Gasteiger partial charge < -0.3 is 43.4 Å². The number of esters is 4.